The molecule has 0 spiro atoms. The molecule has 0 rings (SSSR count). The second kappa shape index (κ2) is 6.36. The molecule has 0 amide bonds. The topological polar surface area (TPSA) is 89.7 Å². The Hall–Kier alpha value is -1.17. The molecule has 0 aliphatic carbocycles. The van der Waals surface area contributed by atoms with E-state index in [1.807, 2.05) is 0 Å². The molecule has 1 atom stereocenters. The second-order valence-electron chi connectivity index (χ2n) is 2.57. The van der Waals surface area contributed by atoms with Gasteiger partial charge in [0.1, 0.15) is 6.61 Å². The van der Waals surface area contributed by atoms with E-state index in [2.05, 4.69) is 0 Å². The highest BCUT2D eigenvalue weighted by Crippen LogP contribution is 1.97. The van der Waals surface area contributed by atoms with Gasteiger partial charge in [0.2, 0.25) is 6.04 Å². The molecule has 13 heavy (non-hydrogen) atoms. The molecule has 0 heterocycles. The Morgan fingerprint density at radius 1 is 1.69 bits per heavy atom. The summed E-state index contributed by atoms with van der Waals surface area (Å²) in [6.45, 7) is 1.70. The van der Waals surface area contributed by atoms with Crippen LogP contribution < -0.4 is 0 Å². The van der Waals surface area contributed by atoms with Crippen LogP contribution in [0.5, 0.6) is 0 Å². The maximum atomic E-state index is 10.3. The first-order valence-corrected chi connectivity index (χ1v) is 4.01. The normalized spacial score (nSPS) is 12.4. The molecule has 0 aromatic carbocycles. The standard InChI is InChI=1S/C7H13NO5/c1-2-6(8(11)12)5-13-4-3-7(9)10/h6H,2-5H2,1H3,(H,9,10). The zero-order chi connectivity index (χ0) is 10.3. The van der Waals surface area contributed by atoms with Gasteiger partial charge in [-0.2, -0.15) is 0 Å². The van der Waals surface area contributed by atoms with Crippen LogP contribution in [0.2, 0.25) is 0 Å². The van der Waals surface area contributed by atoms with Crippen LogP contribution in [0.4, 0.5) is 0 Å². The van der Waals surface area contributed by atoms with Crippen LogP contribution >= 0.6 is 0 Å². The molecule has 6 nitrogen and oxygen atoms in total. The summed E-state index contributed by atoms with van der Waals surface area (Å²) in [6, 6.07) is -0.728. The average Bonchev–Trinajstić information content (AvgIpc) is 2.03. The van der Waals surface area contributed by atoms with Crippen molar-refractivity contribution >= 4 is 5.97 Å². The number of carboxylic acid groups (broad SMARTS) is 1. The maximum Gasteiger partial charge on any atom is 0.305 e. The molecule has 0 bridgehead atoms. The SMILES string of the molecule is CCC(COCCC(=O)O)[N+](=O)[O-]. The van der Waals surface area contributed by atoms with Gasteiger partial charge in [0, 0.05) is 11.3 Å². The van der Waals surface area contributed by atoms with Gasteiger partial charge in [-0.15, -0.1) is 0 Å². The minimum atomic E-state index is -0.964. The van der Waals surface area contributed by atoms with E-state index < -0.39 is 16.9 Å². The van der Waals surface area contributed by atoms with E-state index in [1.165, 1.54) is 0 Å². The quantitative estimate of drug-likeness (QED) is 0.360. The van der Waals surface area contributed by atoms with Crippen LogP contribution in [0.1, 0.15) is 19.8 Å². The van der Waals surface area contributed by atoms with Crippen molar-refractivity contribution in [2.75, 3.05) is 13.2 Å². The van der Waals surface area contributed by atoms with Gasteiger partial charge in [0.05, 0.1) is 13.0 Å². The summed E-state index contributed by atoms with van der Waals surface area (Å²) in [4.78, 5) is 19.9. The van der Waals surface area contributed by atoms with Crippen LogP contribution in [0.3, 0.4) is 0 Å². The van der Waals surface area contributed by atoms with Crippen molar-refractivity contribution in [1.82, 2.24) is 0 Å². The molecular weight excluding hydrogens is 178 g/mol. The number of ether oxygens (including phenoxy) is 1. The number of rotatable bonds is 7. The number of nitrogens with zero attached hydrogens (tertiary/aromatic N) is 1. The van der Waals surface area contributed by atoms with E-state index in [0.29, 0.717) is 6.42 Å². The summed E-state index contributed by atoms with van der Waals surface area (Å²) in [6.07, 6.45) is 0.272. The fraction of sp³-hybridized carbons (Fsp3) is 0.857. The fourth-order valence-corrected chi connectivity index (χ4v) is 0.707. The van der Waals surface area contributed by atoms with E-state index in [-0.39, 0.29) is 19.6 Å². The number of carboxylic acids is 1. The molecule has 76 valence electrons. The smallest absolute Gasteiger partial charge is 0.305 e. The molecule has 0 saturated carbocycles. The molecular formula is C7H13NO5. The third kappa shape index (κ3) is 6.03. The number of carbonyl (C=O) groups is 1. The van der Waals surface area contributed by atoms with E-state index in [9.17, 15) is 14.9 Å². The lowest BCUT2D eigenvalue weighted by atomic mass is 10.2. The summed E-state index contributed by atoms with van der Waals surface area (Å²) >= 11 is 0. The Kier molecular flexibility index (Phi) is 5.79. The number of hydrogen-bond acceptors (Lipinski definition) is 4. The lowest BCUT2D eigenvalue weighted by molar-refractivity contribution is -0.526. The zero-order valence-corrected chi connectivity index (χ0v) is 7.43. The Morgan fingerprint density at radius 3 is 2.69 bits per heavy atom. The van der Waals surface area contributed by atoms with E-state index in [4.69, 9.17) is 9.84 Å². The summed E-state index contributed by atoms with van der Waals surface area (Å²) in [7, 11) is 0. The highest BCUT2D eigenvalue weighted by Gasteiger charge is 2.16. The fourth-order valence-electron chi connectivity index (χ4n) is 0.707. The van der Waals surface area contributed by atoms with Crippen LogP contribution in [-0.2, 0) is 9.53 Å². The highest BCUT2D eigenvalue weighted by molar-refractivity contribution is 5.66. The third-order valence-corrected chi connectivity index (χ3v) is 1.54. The lowest BCUT2D eigenvalue weighted by Gasteiger charge is -2.06. The highest BCUT2D eigenvalue weighted by atomic mass is 16.6. The maximum absolute atomic E-state index is 10.3. The zero-order valence-electron chi connectivity index (χ0n) is 7.43. The van der Waals surface area contributed by atoms with Gasteiger partial charge in [-0.1, -0.05) is 6.92 Å². The monoisotopic (exact) mass is 191 g/mol. The first kappa shape index (κ1) is 11.8. The Bertz CT molecular complexity index is 182. The molecule has 1 N–H and O–H groups in total. The van der Waals surface area contributed by atoms with E-state index in [1.54, 1.807) is 6.92 Å². The second-order valence-corrected chi connectivity index (χ2v) is 2.57. The van der Waals surface area contributed by atoms with Gasteiger partial charge in [-0.3, -0.25) is 14.9 Å². The average molecular weight is 191 g/mol. The minimum Gasteiger partial charge on any atom is -0.481 e. The molecule has 0 aromatic rings. The predicted molar refractivity (Wildman–Crippen MR) is 44.1 cm³/mol. The molecule has 0 aliphatic rings. The summed E-state index contributed by atoms with van der Waals surface area (Å²) in [5, 5.41) is 18.5. The van der Waals surface area contributed by atoms with E-state index in [0.717, 1.165) is 0 Å². The van der Waals surface area contributed by atoms with Gasteiger partial charge in [-0.05, 0) is 0 Å². The van der Waals surface area contributed by atoms with Gasteiger partial charge in [-0.25, -0.2) is 0 Å². The molecule has 1 unspecified atom stereocenters. The molecule has 0 radical (unpaired) electrons. The Morgan fingerprint density at radius 2 is 2.31 bits per heavy atom. The lowest BCUT2D eigenvalue weighted by Crippen LogP contribution is -2.25. The molecule has 0 fully saturated rings. The van der Waals surface area contributed by atoms with Crippen molar-refractivity contribution in [3.05, 3.63) is 10.1 Å². The largest absolute Gasteiger partial charge is 0.481 e. The predicted octanol–water partition coefficient (Wildman–Crippen LogP) is 0.533. The van der Waals surface area contributed by atoms with Crippen LogP contribution in [-0.4, -0.2) is 35.3 Å². The Labute approximate surface area is 75.7 Å². The molecule has 0 aromatic heterocycles. The van der Waals surface area contributed by atoms with Crippen molar-refractivity contribution in [1.29, 1.82) is 0 Å². The van der Waals surface area contributed by atoms with Gasteiger partial charge < -0.3 is 9.84 Å². The molecule has 6 heteroatoms. The summed E-state index contributed by atoms with van der Waals surface area (Å²) in [5.41, 5.74) is 0. The van der Waals surface area contributed by atoms with Crippen molar-refractivity contribution in [2.24, 2.45) is 0 Å². The Balaban J connectivity index is 3.50. The van der Waals surface area contributed by atoms with Gasteiger partial charge >= 0.3 is 5.97 Å². The number of aliphatic carboxylic acids is 1. The van der Waals surface area contributed by atoms with Gasteiger partial charge in [0.15, 0.2) is 0 Å². The van der Waals surface area contributed by atoms with Crippen molar-refractivity contribution < 1.29 is 19.6 Å². The van der Waals surface area contributed by atoms with Crippen molar-refractivity contribution in [2.45, 2.75) is 25.8 Å². The number of hydrogen-bond donors (Lipinski definition) is 1. The van der Waals surface area contributed by atoms with E-state index >= 15 is 0 Å². The van der Waals surface area contributed by atoms with Crippen LogP contribution in [0.15, 0.2) is 0 Å². The summed E-state index contributed by atoms with van der Waals surface area (Å²) < 4.78 is 4.84. The molecule has 0 saturated heterocycles. The molecule has 0 aliphatic heterocycles. The first-order valence-electron chi connectivity index (χ1n) is 4.01. The van der Waals surface area contributed by atoms with Crippen LogP contribution in [0, 0.1) is 10.1 Å². The van der Waals surface area contributed by atoms with Crippen molar-refractivity contribution in [3.63, 3.8) is 0 Å². The first-order chi connectivity index (χ1) is 6.07. The minimum absolute atomic E-state index is 0.0171. The number of nitro groups is 1. The van der Waals surface area contributed by atoms with Crippen LogP contribution in [0.25, 0.3) is 0 Å². The summed E-state index contributed by atoms with van der Waals surface area (Å²) in [5.74, 6) is -0.964. The van der Waals surface area contributed by atoms with Gasteiger partial charge in [0.25, 0.3) is 0 Å². The van der Waals surface area contributed by atoms with Crippen molar-refractivity contribution in [3.8, 4) is 0 Å². The third-order valence-electron chi connectivity index (χ3n) is 1.54.